The first-order valence-electron chi connectivity index (χ1n) is 7.48. The van der Waals surface area contributed by atoms with Crippen LogP contribution in [0, 0.1) is 0 Å². The van der Waals surface area contributed by atoms with E-state index in [-0.39, 0.29) is 5.43 Å². The number of hydrogen-bond acceptors (Lipinski definition) is 2. The van der Waals surface area contributed by atoms with Crippen molar-refractivity contribution in [3.8, 4) is 0 Å². The van der Waals surface area contributed by atoms with Crippen LogP contribution in [0.5, 0.6) is 0 Å². The minimum absolute atomic E-state index is 0.170. The van der Waals surface area contributed by atoms with Gasteiger partial charge in [0.1, 0.15) is 0 Å². The largest absolute Gasteiger partial charge is 0.289 e. The van der Waals surface area contributed by atoms with Gasteiger partial charge in [-0.3, -0.25) is 4.79 Å². The molecular weight excluding hydrogens is 276 g/mol. The second-order valence-corrected chi connectivity index (χ2v) is 7.28. The summed E-state index contributed by atoms with van der Waals surface area (Å²) >= 11 is 1.74. The average Bonchev–Trinajstić information content (AvgIpc) is 2.46. The van der Waals surface area contributed by atoms with E-state index in [4.69, 9.17) is 0 Å². The molecule has 2 heteroatoms. The van der Waals surface area contributed by atoms with E-state index in [0.717, 1.165) is 20.2 Å². The Labute approximate surface area is 129 Å². The van der Waals surface area contributed by atoms with Crippen LogP contribution in [-0.4, -0.2) is 0 Å². The van der Waals surface area contributed by atoms with Crippen LogP contribution in [-0.2, 0) is 0 Å². The lowest BCUT2D eigenvalue weighted by Crippen LogP contribution is -2.04. The van der Waals surface area contributed by atoms with E-state index in [9.17, 15) is 4.79 Å². The molecule has 0 saturated heterocycles. The van der Waals surface area contributed by atoms with Gasteiger partial charge >= 0.3 is 0 Å². The molecule has 108 valence electrons. The fourth-order valence-corrected chi connectivity index (χ4v) is 4.03. The molecule has 0 amide bonds. The lowest BCUT2D eigenvalue weighted by Gasteiger charge is -2.15. The van der Waals surface area contributed by atoms with Gasteiger partial charge in [0.2, 0.25) is 0 Å². The van der Waals surface area contributed by atoms with Crippen molar-refractivity contribution >= 4 is 31.5 Å². The first-order chi connectivity index (χ1) is 9.99. The predicted molar refractivity (Wildman–Crippen MR) is 93.8 cm³/mol. The van der Waals surface area contributed by atoms with Crippen LogP contribution in [0.25, 0.3) is 20.2 Å². The summed E-state index contributed by atoms with van der Waals surface area (Å²) in [6.45, 7) is 8.76. The van der Waals surface area contributed by atoms with Crippen LogP contribution < -0.4 is 5.43 Å². The maximum Gasteiger partial charge on any atom is 0.195 e. The quantitative estimate of drug-likeness (QED) is 0.557. The molecule has 3 aromatic rings. The van der Waals surface area contributed by atoms with E-state index < -0.39 is 0 Å². The molecular formula is C19H20OS. The first-order valence-corrected chi connectivity index (χ1v) is 8.30. The van der Waals surface area contributed by atoms with E-state index in [2.05, 4.69) is 39.8 Å². The van der Waals surface area contributed by atoms with Gasteiger partial charge < -0.3 is 0 Å². The third-order valence-corrected chi connectivity index (χ3v) is 5.25. The molecule has 0 spiro atoms. The van der Waals surface area contributed by atoms with Crippen molar-refractivity contribution in [3.05, 3.63) is 57.7 Å². The Morgan fingerprint density at radius 1 is 0.905 bits per heavy atom. The van der Waals surface area contributed by atoms with E-state index in [1.54, 1.807) is 11.3 Å². The van der Waals surface area contributed by atoms with Gasteiger partial charge in [-0.05, 0) is 41.2 Å². The standard InChI is InChI=1S/C19H20OS/c1-11(2)13-9-15(12(3)4)19-16(10-13)18(20)14-7-5-6-8-17(14)21-19/h5-12H,1-4H3. The van der Waals surface area contributed by atoms with Crippen LogP contribution in [0.4, 0.5) is 0 Å². The van der Waals surface area contributed by atoms with Crippen LogP contribution >= 0.6 is 11.3 Å². The molecule has 0 aliphatic carbocycles. The lowest BCUT2D eigenvalue weighted by atomic mass is 9.93. The molecule has 0 bridgehead atoms. The summed E-state index contributed by atoms with van der Waals surface area (Å²) in [5.74, 6) is 0.853. The fraction of sp³-hybridized carbons (Fsp3) is 0.316. The number of fused-ring (bicyclic) bond motifs is 2. The minimum Gasteiger partial charge on any atom is -0.289 e. The summed E-state index contributed by atoms with van der Waals surface area (Å²) < 4.78 is 2.23. The molecule has 1 aromatic heterocycles. The number of rotatable bonds is 2. The summed E-state index contributed by atoms with van der Waals surface area (Å²) in [4.78, 5) is 12.8. The summed E-state index contributed by atoms with van der Waals surface area (Å²) in [6, 6.07) is 12.3. The molecule has 2 aromatic carbocycles. The van der Waals surface area contributed by atoms with Crippen molar-refractivity contribution in [2.24, 2.45) is 0 Å². The van der Waals surface area contributed by atoms with Crippen LogP contribution in [0.15, 0.2) is 41.2 Å². The van der Waals surface area contributed by atoms with Crippen molar-refractivity contribution in [2.45, 2.75) is 39.5 Å². The summed E-state index contributed by atoms with van der Waals surface area (Å²) in [6.07, 6.45) is 0. The summed E-state index contributed by atoms with van der Waals surface area (Å²) in [7, 11) is 0. The number of benzene rings is 2. The Morgan fingerprint density at radius 2 is 1.62 bits per heavy atom. The minimum atomic E-state index is 0.170. The third kappa shape index (κ3) is 2.38. The highest BCUT2D eigenvalue weighted by Crippen LogP contribution is 2.34. The Morgan fingerprint density at radius 3 is 2.29 bits per heavy atom. The Kier molecular flexibility index (Phi) is 3.58. The van der Waals surface area contributed by atoms with Gasteiger partial charge in [0.25, 0.3) is 0 Å². The molecule has 0 aliphatic heterocycles. The normalized spacial score (nSPS) is 11.9. The van der Waals surface area contributed by atoms with E-state index in [1.807, 2.05) is 24.3 Å². The SMILES string of the molecule is CC(C)c1cc(C(C)C)c2sc3ccccc3c(=O)c2c1. The fourth-order valence-electron chi connectivity index (χ4n) is 2.72. The van der Waals surface area contributed by atoms with Crippen LogP contribution in [0.3, 0.4) is 0 Å². The molecule has 0 radical (unpaired) electrons. The zero-order chi connectivity index (χ0) is 15.1. The highest BCUT2D eigenvalue weighted by Gasteiger charge is 2.14. The zero-order valence-corrected chi connectivity index (χ0v) is 13.8. The van der Waals surface area contributed by atoms with Gasteiger partial charge in [0.15, 0.2) is 5.43 Å². The van der Waals surface area contributed by atoms with Gasteiger partial charge in [0.05, 0.1) is 0 Å². The molecule has 3 rings (SSSR count). The van der Waals surface area contributed by atoms with Gasteiger partial charge in [0, 0.05) is 20.2 Å². The second-order valence-electron chi connectivity index (χ2n) is 6.22. The van der Waals surface area contributed by atoms with Gasteiger partial charge in [-0.15, -0.1) is 11.3 Å². The predicted octanol–water partition coefficient (Wildman–Crippen LogP) is 5.66. The van der Waals surface area contributed by atoms with Crippen molar-refractivity contribution in [1.82, 2.24) is 0 Å². The second kappa shape index (κ2) is 5.27. The molecule has 0 atom stereocenters. The monoisotopic (exact) mass is 296 g/mol. The van der Waals surface area contributed by atoms with Gasteiger partial charge in [-0.25, -0.2) is 0 Å². The van der Waals surface area contributed by atoms with Crippen molar-refractivity contribution in [2.75, 3.05) is 0 Å². The Hall–Kier alpha value is -1.67. The smallest absolute Gasteiger partial charge is 0.195 e. The zero-order valence-electron chi connectivity index (χ0n) is 12.9. The topological polar surface area (TPSA) is 17.1 Å². The number of hydrogen-bond donors (Lipinski definition) is 0. The van der Waals surface area contributed by atoms with Gasteiger partial charge in [-0.1, -0.05) is 45.9 Å². The highest BCUT2D eigenvalue weighted by atomic mass is 32.1. The van der Waals surface area contributed by atoms with Crippen molar-refractivity contribution in [3.63, 3.8) is 0 Å². The highest BCUT2D eigenvalue weighted by molar-refractivity contribution is 7.24. The molecule has 0 saturated carbocycles. The molecule has 1 nitrogen and oxygen atoms in total. The van der Waals surface area contributed by atoms with E-state index in [0.29, 0.717) is 11.8 Å². The molecule has 0 fully saturated rings. The van der Waals surface area contributed by atoms with Gasteiger partial charge in [-0.2, -0.15) is 0 Å². The summed E-state index contributed by atoms with van der Waals surface area (Å²) in [5, 5.41) is 1.72. The Balaban J connectivity index is 2.52. The van der Waals surface area contributed by atoms with Crippen molar-refractivity contribution in [1.29, 1.82) is 0 Å². The maximum absolute atomic E-state index is 12.8. The maximum atomic E-state index is 12.8. The molecule has 0 aliphatic rings. The molecule has 1 heterocycles. The Bertz CT molecular complexity index is 872. The lowest BCUT2D eigenvalue weighted by molar-refractivity contribution is 0.842. The third-order valence-electron chi connectivity index (χ3n) is 4.02. The molecule has 0 N–H and O–H groups in total. The molecule has 0 unspecified atom stereocenters. The molecule has 21 heavy (non-hydrogen) atoms. The van der Waals surface area contributed by atoms with Crippen LogP contribution in [0.2, 0.25) is 0 Å². The first kappa shape index (κ1) is 14.3. The van der Waals surface area contributed by atoms with E-state index >= 15 is 0 Å². The average molecular weight is 296 g/mol. The van der Waals surface area contributed by atoms with E-state index in [1.165, 1.54) is 11.1 Å². The van der Waals surface area contributed by atoms with Crippen LogP contribution in [0.1, 0.15) is 50.7 Å². The van der Waals surface area contributed by atoms with Crippen molar-refractivity contribution < 1.29 is 0 Å². The summed E-state index contributed by atoms with van der Waals surface area (Å²) in [5.41, 5.74) is 2.72.